The lowest BCUT2D eigenvalue weighted by Crippen LogP contribution is -2.40. The summed E-state index contributed by atoms with van der Waals surface area (Å²) in [5, 5.41) is 2.90. The molecule has 0 aromatic heterocycles. The van der Waals surface area contributed by atoms with Gasteiger partial charge in [0, 0.05) is 26.7 Å². The Morgan fingerprint density at radius 2 is 2.00 bits per heavy atom. The fourth-order valence-corrected chi connectivity index (χ4v) is 5.13. The first kappa shape index (κ1) is 17.7. The molecule has 2 fully saturated rings. The zero-order valence-corrected chi connectivity index (χ0v) is 14.5. The van der Waals surface area contributed by atoms with Gasteiger partial charge in [-0.3, -0.25) is 4.79 Å². The van der Waals surface area contributed by atoms with E-state index in [1.54, 1.807) is 11.2 Å². The summed E-state index contributed by atoms with van der Waals surface area (Å²) < 4.78 is 30.9. The van der Waals surface area contributed by atoms with Gasteiger partial charge in [0.1, 0.15) is 6.61 Å². The van der Waals surface area contributed by atoms with E-state index < -0.39 is 10.0 Å². The predicted molar refractivity (Wildman–Crippen MR) is 84.9 cm³/mol. The second-order valence-corrected chi connectivity index (χ2v) is 8.81. The van der Waals surface area contributed by atoms with Crippen LogP contribution in [0.5, 0.6) is 0 Å². The number of hydrogen-bond acceptors (Lipinski definition) is 4. The van der Waals surface area contributed by atoms with Crippen molar-refractivity contribution in [3.05, 3.63) is 0 Å². The average Bonchev–Trinajstić information content (AvgIpc) is 2.85. The van der Waals surface area contributed by atoms with Crippen LogP contribution in [0.25, 0.3) is 0 Å². The molecule has 128 valence electrons. The molecule has 1 aliphatic carbocycles. The number of carbonyl (C=O) groups excluding carboxylic acids is 1. The Hall–Kier alpha value is -0.660. The third-order valence-electron chi connectivity index (χ3n) is 5.21. The SMILES string of the molecule is CCS(=O)(=O)N1CC(CNC(=O)COC)C2(CCCCC2)C1. The summed E-state index contributed by atoms with van der Waals surface area (Å²) in [6, 6.07) is 0. The van der Waals surface area contributed by atoms with Gasteiger partial charge >= 0.3 is 0 Å². The number of nitrogens with zero attached hydrogens (tertiary/aromatic N) is 1. The van der Waals surface area contributed by atoms with Crippen LogP contribution in [-0.2, 0) is 19.6 Å². The Morgan fingerprint density at radius 3 is 2.59 bits per heavy atom. The highest BCUT2D eigenvalue weighted by Gasteiger charge is 2.49. The third kappa shape index (κ3) is 3.81. The quantitative estimate of drug-likeness (QED) is 0.787. The molecule has 1 saturated heterocycles. The Kier molecular flexibility index (Phi) is 5.85. The molecule has 0 bridgehead atoms. The van der Waals surface area contributed by atoms with Gasteiger partial charge in [0.05, 0.1) is 5.75 Å². The second kappa shape index (κ2) is 7.27. The summed E-state index contributed by atoms with van der Waals surface area (Å²) in [6.07, 6.45) is 5.66. The first-order valence-corrected chi connectivity index (χ1v) is 9.78. The van der Waals surface area contributed by atoms with E-state index in [4.69, 9.17) is 4.74 Å². The summed E-state index contributed by atoms with van der Waals surface area (Å²) in [5.74, 6) is 0.214. The lowest BCUT2D eigenvalue weighted by Gasteiger charge is -2.38. The van der Waals surface area contributed by atoms with Gasteiger partial charge in [-0.05, 0) is 31.1 Å². The molecule has 1 aliphatic heterocycles. The van der Waals surface area contributed by atoms with Crippen LogP contribution >= 0.6 is 0 Å². The molecule has 1 atom stereocenters. The molecule has 7 heteroatoms. The largest absolute Gasteiger partial charge is 0.375 e. The van der Waals surface area contributed by atoms with Crippen molar-refractivity contribution in [2.24, 2.45) is 11.3 Å². The number of hydrogen-bond donors (Lipinski definition) is 1. The van der Waals surface area contributed by atoms with E-state index in [-0.39, 0.29) is 29.6 Å². The van der Waals surface area contributed by atoms with E-state index in [1.165, 1.54) is 13.5 Å². The summed E-state index contributed by atoms with van der Waals surface area (Å²) in [7, 11) is -1.67. The van der Waals surface area contributed by atoms with E-state index in [9.17, 15) is 13.2 Å². The molecule has 6 nitrogen and oxygen atoms in total. The Balaban J connectivity index is 2.08. The number of amides is 1. The average molecular weight is 332 g/mol. The van der Waals surface area contributed by atoms with Crippen LogP contribution in [-0.4, -0.2) is 57.7 Å². The van der Waals surface area contributed by atoms with Gasteiger partial charge in [0.2, 0.25) is 15.9 Å². The van der Waals surface area contributed by atoms with Crippen molar-refractivity contribution >= 4 is 15.9 Å². The summed E-state index contributed by atoms with van der Waals surface area (Å²) >= 11 is 0. The molecule has 1 N–H and O–H groups in total. The fourth-order valence-electron chi connectivity index (χ4n) is 3.90. The molecule has 22 heavy (non-hydrogen) atoms. The number of methoxy groups -OCH3 is 1. The number of carbonyl (C=O) groups is 1. The molecule has 1 spiro atoms. The van der Waals surface area contributed by atoms with Crippen LogP contribution < -0.4 is 5.32 Å². The summed E-state index contributed by atoms with van der Waals surface area (Å²) in [6.45, 7) is 3.43. The highest BCUT2D eigenvalue weighted by molar-refractivity contribution is 7.89. The molecule has 1 heterocycles. The molecule has 2 rings (SSSR count). The number of sulfonamides is 1. The van der Waals surface area contributed by atoms with E-state index in [0.29, 0.717) is 19.6 Å². The molecule has 1 unspecified atom stereocenters. The molecule has 1 saturated carbocycles. The van der Waals surface area contributed by atoms with Gasteiger partial charge < -0.3 is 10.1 Å². The minimum atomic E-state index is -3.16. The van der Waals surface area contributed by atoms with Crippen LogP contribution in [0.2, 0.25) is 0 Å². The minimum absolute atomic E-state index is 0.0425. The maximum Gasteiger partial charge on any atom is 0.245 e. The van der Waals surface area contributed by atoms with Gasteiger partial charge in [0.25, 0.3) is 0 Å². The normalized spacial score (nSPS) is 25.5. The van der Waals surface area contributed by atoms with Crippen molar-refractivity contribution in [1.29, 1.82) is 0 Å². The van der Waals surface area contributed by atoms with E-state index >= 15 is 0 Å². The Labute approximate surface area is 133 Å². The number of ether oxygens (including phenoxy) is 1. The van der Waals surface area contributed by atoms with Crippen LogP contribution in [0.3, 0.4) is 0 Å². The molecular weight excluding hydrogens is 304 g/mol. The first-order chi connectivity index (χ1) is 10.4. The lowest BCUT2D eigenvalue weighted by molar-refractivity contribution is -0.125. The maximum atomic E-state index is 12.2. The third-order valence-corrected chi connectivity index (χ3v) is 7.00. The standard InChI is InChI=1S/C15H28N2O4S/c1-3-22(19,20)17-10-13(9-16-14(18)11-21-2)15(12-17)7-5-4-6-8-15/h13H,3-12H2,1-2H3,(H,16,18). The molecule has 1 amide bonds. The van der Waals surface area contributed by atoms with Crippen molar-refractivity contribution < 1.29 is 17.9 Å². The van der Waals surface area contributed by atoms with Crippen LogP contribution in [0.1, 0.15) is 39.0 Å². The summed E-state index contributed by atoms with van der Waals surface area (Å²) in [4.78, 5) is 11.6. The van der Waals surface area contributed by atoms with Gasteiger partial charge in [-0.1, -0.05) is 19.3 Å². The molecular formula is C15H28N2O4S. The van der Waals surface area contributed by atoms with Crippen LogP contribution in [0.4, 0.5) is 0 Å². The highest BCUT2D eigenvalue weighted by Crippen LogP contribution is 2.48. The zero-order chi connectivity index (χ0) is 16.2. The highest BCUT2D eigenvalue weighted by atomic mass is 32.2. The molecule has 2 aliphatic rings. The smallest absolute Gasteiger partial charge is 0.245 e. The Bertz CT molecular complexity index is 486. The topological polar surface area (TPSA) is 75.7 Å². The fraction of sp³-hybridized carbons (Fsp3) is 0.933. The van der Waals surface area contributed by atoms with E-state index in [1.807, 2.05) is 0 Å². The van der Waals surface area contributed by atoms with Crippen LogP contribution in [0, 0.1) is 11.3 Å². The molecule has 0 radical (unpaired) electrons. The van der Waals surface area contributed by atoms with Crippen molar-refractivity contribution in [3.8, 4) is 0 Å². The predicted octanol–water partition coefficient (Wildman–Crippen LogP) is 0.981. The van der Waals surface area contributed by atoms with Crippen molar-refractivity contribution in [3.63, 3.8) is 0 Å². The maximum absolute atomic E-state index is 12.2. The van der Waals surface area contributed by atoms with Gasteiger partial charge in [-0.2, -0.15) is 0 Å². The number of nitrogens with one attached hydrogen (secondary N) is 1. The van der Waals surface area contributed by atoms with Crippen molar-refractivity contribution in [2.75, 3.05) is 39.1 Å². The summed E-state index contributed by atoms with van der Waals surface area (Å²) in [5.41, 5.74) is 0.0425. The van der Waals surface area contributed by atoms with Gasteiger partial charge in [-0.25, -0.2) is 12.7 Å². The number of rotatable bonds is 6. The van der Waals surface area contributed by atoms with Crippen LogP contribution in [0.15, 0.2) is 0 Å². The second-order valence-electron chi connectivity index (χ2n) is 6.55. The van der Waals surface area contributed by atoms with Crippen molar-refractivity contribution in [2.45, 2.75) is 39.0 Å². The molecule has 0 aromatic carbocycles. The molecule has 0 aromatic rings. The van der Waals surface area contributed by atoms with E-state index in [0.717, 1.165) is 25.7 Å². The first-order valence-electron chi connectivity index (χ1n) is 8.17. The zero-order valence-electron chi connectivity index (χ0n) is 13.6. The van der Waals surface area contributed by atoms with Gasteiger partial charge in [0.15, 0.2) is 0 Å². The van der Waals surface area contributed by atoms with Crippen molar-refractivity contribution in [1.82, 2.24) is 9.62 Å². The van der Waals surface area contributed by atoms with E-state index in [2.05, 4.69) is 5.32 Å². The minimum Gasteiger partial charge on any atom is -0.375 e. The Morgan fingerprint density at radius 1 is 1.32 bits per heavy atom. The van der Waals surface area contributed by atoms with Gasteiger partial charge in [-0.15, -0.1) is 0 Å². The monoisotopic (exact) mass is 332 g/mol. The lowest BCUT2D eigenvalue weighted by atomic mass is 9.68.